The van der Waals surface area contributed by atoms with E-state index in [0.717, 1.165) is 6.42 Å². The Morgan fingerprint density at radius 3 is 2.62 bits per heavy atom. The van der Waals surface area contributed by atoms with Crippen LogP contribution in [0.25, 0.3) is 17.0 Å². The van der Waals surface area contributed by atoms with Crippen LogP contribution in [0.15, 0.2) is 69.4 Å². The van der Waals surface area contributed by atoms with Gasteiger partial charge in [0.05, 0.1) is 13.2 Å². The van der Waals surface area contributed by atoms with Gasteiger partial charge in [-0.3, -0.25) is 4.79 Å². The van der Waals surface area contributed by atoms with Gasteiger partial charge in [-0.1, -0.05) is 37.3 Å². The lowest BCUT2D eigenvalue weighted by molar-refractivity contribution is -0.138. The standard InChI is InChI=1S/C26H24N2O6/c1-2-13-32-21-10-8-18(9-11-21)15-20(17-27)25(30)33-14-5-12-28-24(29)22-16-19-6-3-4-7-23(19)34-26(22)31/h3-4,6-11,15-16H,2,5,12-14H2,1H3,(H,28,29). The highest BCUT2D eigenvalue weighted by molar-refractivity contribution is 5.98. The molecule has 1 aromatic heterocycles. The number of para-hydroxylation sites is 1. The van der Waals surface area contributed by atoms with E-state index in [1.54, 1.807) is 48.5 Å². The van der Waals surface area contributed by atoms with Crippen LogP contribution in [-0.4, -0.2) is 31.6 Å². The normalized spacial score (nSPS) is 11.0. The van der Waals surface area contributed by atoms with E-state index >= 15 is 0 Å². The van der Waals surface area contributed by atoms with Crippen LogP contribution in [0.1, 0.15) is 35.7 Å². The first kappa shape index (κ1) is 24.3. The van der Waals surface area contributed by atoms with Crippen molar-refractivity contribution in [2.75, 3.05) is 19.8 Å². The van der Waals surface area contributed by atoms with Gasteiger partial charge >= 0.3 is 11.6 Å². The van der Waals surface area contributed by atoms with Gasteiger partial charge in [0.2, 0.25) is 0 Å². The molecule has 8 heteroatoms. The largest absolute Gasteiger partial charge is 0.494 e. The second-order valence-electron chi connectivity index (χ2n) is 7.32. The van der Waals surface area contributed by atoms with E-state index < -0.39 is 17.5 Å². The molecule has 174 valence electrons. The topological polar surface area (TPSA) is 119 Å². The molecule has 0 atom stereocenters. The number of ether oxygens (including phenoxy) is 2. The summed E-state index contributed by atoms with van der Waals surface area (Å²) in [6.45, 7) is 2.79. The van der Waals surface area contributed by atoms with E-state index in [2.05, 4.69) is 5.32 Å². The molecule has 2 aromatic carbocycles. The zero-order valence-corrected chi connectivity index (χ0v) is 18.7. The fourth-order valence-electron chi connectivity index (χ4n) is 3.02. The lowest BCUT2D eigenvalue weighted by Gasteiger charge is -2.07. The molecule has 8 nitrogen and oxygen atoms in total. The predicted octanol–water partition coefficient (Wildman–Crippen LogP) is 3.85. The van der Waals surface area contributed by atoms with Gasteiger partial charge in [-0.05, 0) is 48.7 Å². The van der Waals surface area contributed by atoms with Crippen LogP contribution in [0, 0.1) is 11.3 Å². The van der Waals surface area contributed by atoms with Gasteiger partial charge in [0.1, 0.15) is 28.5 Å². The number of carbonyl (C=O) groups is 2. The highest BCUT2D eigenvalue weighted by Crippen LogP contribution is 2.15. The van der Waals surface area contributed by atoms with E-state index in [1.165, 1.54) is 12.1 Å². The van der Waals surface area contributed by atoms with Gasteiger partial charge in [0, 0.05) is 11.9 Å². The van der Waals surface area contributed by atoms with Crippen molar-refractivity contribution in [3.05, 3.63) is 81.7 Å². The van der Waals surface area contributed by atoms with Crippen molar-refractivity contribution in [3.63, 3.8) is 0 Å². The average Bonchev–Trinajstić information content (AvgIpc) is 2.85. The molecule has 0 aliphatic heterocycles. The first-order valence-electron chi connectivity index (χ1n) is 10.8. The van der Waals surface area contributed by atoms with Gasteiger partial charge in [-0.2, -0.15) is 5.26 Å². The first-order valence-corrected chi connectivity index (χ1v) is 10.8. The monoisotopic (exact) mass is 460 g/mol. The fourth-order valence-corrected chi connectivity index (χ4v) is 3.02. The Labute approximate surface area is 196 Å². The summed E-state index contributed by atoms with van der Waals surface area (Å²) in [5.74, 6) is -0.617. The Balaban J connectivity index is 1.47. The molecule has 3 rings (SSSR count). The van der Waals surface area contributed by atoms with Crippen LogP contribution in [0.2, 0.25) is 0 Å². The van der Waals surface area contributed by atoms with Gasteiger partial charge in [-0.25, -0.2) is 9.59 Å². The molecule has 0 aliphatic rings. The maximum Gasteiger partial charge on any atom is 0.349 e. The van der Waals surface area contributed by atoms with Crippen molar-refractivity contribution in [3.8, 4) is 11.8 Å². The number of nitriles is 1. The summed E-state index contributed by atoms with van der Waals surface area (Å²) in [4.78, 5) is 36.5. The van der Waals surface area contributed by atoms with Crippen LogP contribution >= 0.6 is 0 Å². The summed E-state index contributed by atoms with van der Waals surface area (Å²) < 4.78 is 15.8. The van der Waals surface area contributed by atoms with Crippen molar-refractivity contribution in [1.82, 2.24) is 5.32 Å². The molecule has 0 bridgehead atoms. The molecule has 0 fully saturated rings. The summed E-state index contributed by atoms with van der Waals surface area (Å²) >= 11 is 0. The molecule has 1 N–H and O–H groups in total. The number of nitrogens with zero attached hydrogens (tertiary/aromatic N) is 1. The third-order valence-electron chi connectivity index (χ3n) is 4.73. The van der Waals surface area contributed by atoms with Crippen molar-refractivity contribution in [1.29, 1.82) is 5.26 Å². The van der Waals surface area contributed by atoms with E-state index in [9.17, 15) is 19.6 Å². The number of hydrogen-bond acceptors (Lipinski definition) is 7. The predicted molar refractivity (Wildman–Crippen MR) is 126 cm³/mol. The zero-order chi connectivity index (χ0) is 24.3. The van der Waals surface area contributed by atoms with Crippen molar-refractivity contribution < 1.29 is 23.5 Å². The second-order valence-corrected chi connectivity index (χ2v) is 7.32. The summed E-state index contributed by atoms with van der Waals surface area (Å²) in [6, 6.07) is 17.2. The van der Waals surface area contributed by atoms with E-state index in [0.29, 0.717) is 35.3 Å². The Kier molecular flexibility index (Phi) is 8.58. The number of fused-ring (bicyclic) bond motifs is 1. The zero-order valence-electron chi connectivity index (χ0n) is 18.7. The third-order valence-corrected chi connectivity index (χ3v) is 4.73. The first-order chi connectivity index (χ1) is 16.5. The summed E-state index contributed by atoms with van der Waals surface area (Å²) in [5, 5.41) is 12.5. The van der Waals surface area contributed by atoms with Crippen molar-refractivity contribution >= 4 is 28.9 Å². The van der Waals surface area contributed by atoms with Crippen LogP contribution in [-0.2, 0) is 9.53 Å². The molecule has 3 aromatic rings. The fraction of sp³-hybridized carbons (Fsp3) is 0.231. The second kappa shape index (κ2) is 12.0. The molecule has 0 saturated carbocycles. The quantitative estimate of drug-likeness (QED) is 0.160. The van der Waals surface area contributed by atoms with Gasteiger partial charge < -0.3 is 19.2 Å². The lowest BCUT2D eigenvalue weighted by Crippen LogP contribution is -2.29. The minimum absolute atomic E-state index is 0.00570. The maximum absolute atomic E-state index is 12.3. The molecule has 0 saturated heterocycles. The number of hydrogen-bond donors (Lipinski definition) is 1. The lowest BCUT2D eigenvalue weighted by atomic mass is 10.1. The molecule has 0 aliphatic carbocycles. The molecule has 1 heterocycles. The molecule has 0 spiro atoms. The molecular formula is C26H24N2O6. The highest BCUT2D eigenvalue weighted by Gasteiger charge is 2.14. The maximum atomic E-state index is 12.3. The molecule has 0 unspecified atom stereocenters. The molecule has 1 amide bonds. The SMILES string of the molecule is CCCOc1ccc(C=C(C#N)C(=O)OCCCNC(=O)c2cc3ccccc3oc2=O)cc1. The number of nitrogens with one attached hydrogen (secondary N) is 1. The molecular weight excluding hydrogens is 436 g/mol. The van der Waals surface area contributed by atoms with Crippen LogP contribution < -0.4 is 15.7 Å². The Morgan fingerprint density at radius 2 is 1.88 bits per heavy atom. The van der Waals surface area contributed by atoms with Crippen molar-refractivity contribution in [2.45, 2.75) is 19.8 Å². The Morgan fingerprint density at radius 1 is 1.12 bits per heavy atom. The summed E-state index contributed by atoms with van der Waals surface area (Å²) in [5.41, 5.74) is 0.102. The van der Waals surface area contributed by atoms with Crippen molar-refractivity contribution in [2.24, 2.45) is 0 Å². The minimum Gasteiger partial charge on any atom is -0.494 e. The Hall–Kier alpha value is -4.38. The van der Waals surface area contributed by atoms with Gasteiger partial charge in [0.25, 0.3) is 5.91 Å². The summed E-state index contributed by atoms with van der Waals surface area (Å²) in [6.07, 6.45) is 2.64. The van der Waals surface area contributed by atoms with E-state index in [-0.39, 0.29) is 24.3 Å². The number of amides is 1. The Bertz CT molecular complexity index is 1290. The smallest absolute Gasteiger partial charge is 0.349 e. The average molecular weight is 460 g/mol. The minimum atomic E-state index is -0.754. The van der Waals surface area contributed by atoms with Gasteiger partial charge in [-0.15, -0.1) is 0 Å². The van der Waals surface area contributed by atoms with Crippen LogP contribution in [0.3, 0.4) is 0 Å². The number of esters is 1. The van der Waals surface area contributed by atoms with E-state index in [4.69, 9.17) is 13.9 Å². The number of benzene rings is 2. The van der Waals surface area contributed by atoms with Crippen LogP contribution in [0.4, 0.5) is 0 Å². The number of rotatable bonds is 10. The number of carbonyl (C=O) groups excluding carboxylic acids is 2. The summed E-state index contributed by atoms with van der Waals surface area (Å²) in [7, 11) is 0. The van der Waals surface area contributed by atoms with E-state index in [1.807, 2.05) is 13.0 Å². The van der Waals surface area contributed by atoms with Crippen LogP contribution in [0.5, 0.6) is 5.75 Å². The third kappa shape index (κ3) is 6.56. The molecule has 34 heavy (non-hydrogen) atoms. The van der Waals surface area contributed by atoms with Gasteiger partial charge in [0.15, 0.2) is 0 Å². The highest BCUT2D eigenvalue weighted by atomic mass is 16.5. The molecule has 0 radical (unpaired) electrons.